The van der Waals surface area contributed by atoms with E-state index in [1.165, 1.54) is 11.0 Å². The first-order valence-corrected chi connectivity index (χ1v) is 11.3. The molecule has 0 unspecified atom stereocenters. The van der Waals surface area contributed by atoms with E-state index in [1.807, 2.05) is 0 Å². The molecule has 1 N–H and O–H groups in total. The lowest BCUT2D eigenvalue weighted by Gasteiger charge is -2.32. The van der Waals surface area contributed by atoms with E-state index in [9.17, 15) is 18.0 Å². The lowest BCUT2D eigenvalue weighted by atomic mass is 10.1. The van der Waals surface area contributed by atoms with Crippen LogP contribution in [0.3, 0.4) is 0 Å². The van der Waals surface area contributed by atoms with E-state index >= 15 is 0 Å². The number of hydrogen-bond donors (Lipinski definition) is 1. The number of amides is 2. The Bertz CT molecular complexity index is 866. The molecule has 0 aliphatic carbocycles. The summed E-state index contributed by atoms with van der Waals surface area (Å²) in [4.78, 5) is 28.2. The molecule has 1 atom stereocenters. The zero-order valence-electron chi connectivity index (χ0n) is 15.5. The van der Waals surface area contributed by atoms with Gasteiger partial charge in [-0.05, 0) is 49.5 Å². The highest BCUT2D eigenvalue weighted by molar-refractivity contribution is 7.92. The van der Waals surface area contributed by atoms with Gasteiger partial charge in [0.2, 0.25) is 21.8 Å². The number of carbonyl (C=O) groups is 2. The van der Waals surface area contributed by atoms with E-state index in [2.05, 4.69) is 4.72 Å². The Kier molecular flexibility index (Phi) is 6.74. The molecule has 9 heteroatoms. The predicted octanol–water partition coefficient (Wildman–Crippen LogP) is 1.84. The van der Waals surface area contributed by atoms with Gasteiger partial charge in [-0.15, -0.1) is 0 Å². The van der Waals surface area contributed by atoms with Crippen molar-refractivity contribution in [3.05, 3.63) is 40.3 Å². The van der Waals surface area contributed by atoms with E-state index in [0.717, 1.165) is 31.3 Å². The smallest absolute Gasteiger partial charge is 0.242 e. The first-order chi connectivity index (χ1) is 13.3. The van der Waals surface area contributed by atoms with Crippen molar-refractivity contribution in [3.8, 4) is 0 Å². The maximum Gasteiger partial charge on any atom is 0.242 e. The number of rotatable bonds is 6. The maximum absolute atomic E-state index is 12.7. The number of halogens is 1. The van der Waals surface area contributed by atoms with E-state index in [4.69, 9.17) is 11.6 Å². The Hall–Kier alpha value is -1.90. The second-order valence-corrected chi connectivity index (χ2v) is 9.10. The van der Waals surface area contributed by atoms with E-state index in [1.54, 1.807) is 29.2 Å². The zero-order valence-corrected chi connectivity index (χ0v) is 17.1. The summed E-state index contributed by atoms with van der Waals surface area (Å²) in [6.45, 7) is 1.93. The van der Waals surface area contributed by atoms with Gasteiger partial charge in [-0.1, -0.05) is 23.7 Å². The summed E-state index contributed by atoms with van der Waals surface area (Å²) in [5.41, 5.74) is 0.644. The van der Waals surface area contributed by atoms with Gasteiger partial charge in [0.15, 0.2) is 0 Å². The van der Waals surface area contributed by atoms with Crippen LogP contribution in [0.1, 0.15) is 31.2 Å². The number of piperidine rings is 1. The number of sulfonamides is 1. The van der Waals surface area contributed by atoms with Crippen molar-refractivity contribution in [3.63, 3.8) is 0 Å². The summed E-state index contributed by atoms with van der Waals surface area (Å²) in [6.07, 6.45) is 4.46. The fraction of sp³-hybridized carbons (Fsp3) is 0.474. The molecule has 2 aliphatic heterocycles. The van der Waals surface area contributed by atoms with Gasteiger partial charge in [0.1, 0.15) is 6.04 Å². The predicted molar refractivity (Wildman–Crippen MR) is 108 cm³/mol. The maximum atomic E-state index is 12.7. The first-order valence-electron chi connectivity index (χ1n) is 9.37. The average molecular weight is 426 g/mol. The van der Waals surface area contributed by atoms with Crippen LogP contribution in [-0.4, -0.2) is 62.3 Å². The van der Waals surface area contributed by atoms with Crippen LogP contribution in [-0.2, 0) is 19.6 Å². The van der Waals surface area contributed by atoms with Crippen LogP contribution in [0, 0.1) is 0 Å². The minimum atomic E-state index is -3.81. The molecule has 2 saturated heterocycles. The van der Waals surface area contributed by atoms with Gasteiger partial charge in [-0.3, -0.25) is 9.59 Å². The molecule has 0 aromatic heterocycles. The van der Waals surface area contributed by atoms with E-state index in [0.29, 0.717) is 30.0 Å². The summed E-state index contributed by atoms with van der Waals surface area (Å²) >= 11 is 5.89. The van der Waals surface area contributed by atoms with Crippen LogP contribution in [0.5, 0.6) is 0 Å². The van der Waals surface area contributed by atoms with Gasteiger partial charge in [0, 0.05) is 30.1 Å². The highest BCUT2D eigenvalue weighted by Crippen LogP contribution is 2.16. The van der Waals surface area contributed by atoms with Crippen LogP contribution in [0.15, 0.2) is 29.7 Å². The Morgan fingerprint density at radius 2 is 1.96 bits per heavy atom. The van der Waals surface area contributed by atoms with E-state index in [-0.39, 0.29) is 18.4 Å². The Balaban J connectivity index is 1.60. The Morgan fingerprint density at radius 1 is 1.21 bits per heavy atom. The molecule has 1 aromatic rings. The van der Waals surface area contributed by atoms with Gasteiger partial charge >= 0.3 is 0 Å². The molecular weight excluding hydrogens is 402 g/mol. The van der Waals surface area contributed by atoms with Gasteiger partial charge in [0.25, 0.3) is 0 Å². The second-order valence-electron chi connectivity index (χ2n) is 7.06. The van der Waals surface area contributed by atoms with Gasteiger partial charge < -0.3 is 9.80 Å². The quantitative estimate of drug-likeness (QED) is 0.753. The average Bonchev–Trinajstić information content (AvgIpc) is 3.18. The van der Waals surface area contributed by atoms with Crippen LogP contribution < -0.4 is 4.72 Å². The highest BCUT2D eigenvalue weighted by atomic mass is 35.5. The van der Waals surface area contributed by atoms with Gasteiger partial charge in [0.05, 0.1) is 6.54 Å². The molecule has 7 nitrogen and oxygen atoms in total. The zero-order chi connectivity index (χ0) is 20.1. The minimum Gasteiger partial charge on any atom is -0.341 e. The summed E-state index contributed by atoms with van der Waals surface area (Å²) in [5, 5.41) is 1.54. The normalized spacial score (nSPS) is 20.9. The molecule has 2 fully saturated rings. The molecule has 28 heavy (non-hydrogen) atoms. The lowest BCUT2D eigenvalue weighted by Crippen LogP contribution is -2.54. The van der Waals surface area contributed by atoms with Crippen molar-refractivity contribution < 1.29 is 18.0 Å². The molecular formula is C19H24ClN3O4S. The van der Waals surface area contributed by atoms with Crippen molar-refractivity contribution in [1.29, 1.82) is 0 Å². The lowest BCUT2D eigenvalue weighted by molar-refractivity contribution is -0.142. The molecule has 2 heterocycles. The van der Waals surface area contributed by atoms with E-state index < -0.39 is 16.1 Å². The van der Waals surface area contributed by atoms with Crippen LogP contribution in [0.2, 0.25) is 5.02 Å². The number of nitrogens with one attached hydrogen (secondary N) is 1. The number of carbonyl (C=O) groups excluding carboxylic acids is 2. The molecule has 2 amide bonds. The number of likely N-dealkylation sites (tertiary alicyclic amines) is 2. The molecule has 0 saturated carbocycles. The molecule has 3 rings (SSSR count). The fourth-order valence-electron chi connectivity index (χ4n) is 3.45. The third kappa shape index (κ3) is 5.56. The number of nitrogens with zero attached hydrogens (tertiary/aromatic N) is 2. The summed E-state index contributed by atoms with van der Waals surface area (Å²) in [6, 6.07) is 5.95. The van der Waals surface area contributed by atoms with Crippen LogP contribution in [0.25, 0.3) is 6.08 Å². The summed E-state index contributed by atoms with van der Waals surface area (Å²) in [5.74, 6) is -0.422. The fourth-order valence-corrected chi connectivity index (χ4v) is 4.68. The van der Waals surface area contributed by atoms with Crippen molar-refractivity contribution in [2.45, 2.75) is 31.7 Å². The largest absolute Gasteiger partial charge is 0.341 e. The van der Waals surface area contributed by atoms with Gasteiger partial charge in [-0.2, -0.15) is 4.72 Å². The molecule has 1 aromatic carbocycles. The highest BCUT2D eigenvalue weighted by Gasteiger charge is 2.33. The molecule has 0 bridgehead atoms. The molecule has 0 radical (unpaired) electrons. The number of hydrogen-bond acceptors (Lipinski definition) is 4. The number of benzene rings is 1. The molecule has 152 valence electrons. The summed E-state index contributed by atoms with van der Waals surface area (Å²) < 4.78 is 27.2. The van der Waals surface area contributed by atoms with Crippen LogP contribution in [0.4, 0.5) is 0 Å². The first kappa shape index (κ1) is 20.8. The summed E-state index contributed by atoms with van der Waals surface area (Å²) in [7, 11) is -3.81. The van der Waals surface area contributed by atoms with Crippen molar-refractivity contribution in [2.24, 2.45) is 0 Å². The Labute approximate surface area is 170 Å². The van der Waals surface area contributed by atoms with Gasteiger partial charge in [-0.25, -0.2) is 8.42 Å². The topological polar surface area (TPSA) is 86.8 Å². The minimum absolute atomic E-state index is 0.00934. The SMILES string of the molecule is O=C(CN1CCC[C@H](NS(=O)(=O)/C=C/c2cccc(Cl)c2)C1=O)N1CCCC1. The van der Waals surface area contributed by atoms with Crippen molar-refractivity contribution in [2.75, 3.05) is 26.2 Å². The second kappa shape index (κ2) is 9.07. The molecule has 0 spiro atoms. The standard InChI is InChI=1S/C19H24ClN3O4S/c20-16-6-3-5-15(13-16)8-12-28(26,27)21-17-7-4-11-23(19(17)25)14-18(24)22-9-1-2-10-22/h3,5-6,8,12-13,17,21H,1-2,4,7,9-11,14H2/b12-8+/t17-/m0/s1. The van der Waals surface area contributed by atoms with Crippen molar-refractivity contribution >= 4 is 39.5 Å². The third-order valence-corrected chi connectivity index (χ3v) is 6.25. The van der Waals surface area contributed by atoms with Crippen molar-refractivity contribution in [1.82, 2.24) is 14.5 Å². The monoisotopic (exact) mass is 425 g/mol. The van der Waals surface area contributed by atoms with Crippen LogP contribution >= 0.6 is 11.6 Å². The third-order valence-electron chi connectivity index (χ3n) is 4.91. The Morgan fingerprint density at radius 3 is 2.68 bits per heavy atom. The molecule has 2 aliphatic rings.